The van der Waals surface area contributed by atoms with Crippen LogP contribution in [0.2, 0.25) is 0 Å². The molecule has 0 aliphatic rings. The lowest BCUT2D eigenvalue weighted by molar-refractivity contribution is -0.605. The lowest BCUT2D eigenvalue weighted by atomic mass is 10.4. The zero-order valence-electron chi connectivity index (χ0n) is 6.71. The number of Topliss-reactive ketones (excluding diaryl/α,β-unsaturated/α-hetero) is 1. The molecular formula is C6H10N3OS+. The van der Waals surface area contributed by atoms with Crippen molar-refractivity contribution in [1.29, 1.82) is 0 Å². The average molecular weight is 172 g/mol. The Labute approximate surface area is 69.0 Å². The summed E-state index contributed by atoms with van der Waals surface area (Å²) in [4.78, 5) is 14.9. The highest BCUT2D eigenvalue weighted by Gasteiger charge is 2.20. The number of hydrogen-bond donors (Lipinski definition) is 1. The third-order valence-corrected chi connectivity index (χ3v) is 2.17. The van der Waals surface area contributed by atoms with Crippen LogP contribution >= 0.6 is 11.5 Å². The van der Waals surface area contributed by atoms with E-state index in [4.69, 9.17) is 0 Å². The fourth-order valence-electron chi connectivity index (χ4n) is 0.762. The molecule has 1 heterocycles. The van der Waals surface area contributed by atoms with E-state index in [9.17, 15) is 4.79 Å². The Morgan fingerprint density at radius 2 is 2.36 bits per heavy atom. The molecule has 0 unspecified atom stereocenters. The Balaban J connectivity index is 3.07. The van der Waals surface area contributed by atoms with Crippen molar-refractivity contribution in [2.45, 2.75) is 6.92 Å². The molecule has 0 aliphatic carbocycles. The van der Waals surface area contributed by atoms with Gasteiger partial charge in [0.25, 0.3) is 0 Å². The summed E-state index contributed by atoms with van der Waals surface area (Å²) < 4.78 is 1.74. The Bertz CT molecular complexity index is 281. The van der Waals surface area contributed by atoms with Crippen molar-refractivity contribution in [3.63, 3.8) is 0 Å². The number of nitrogens with one attached hydrogen (secondary N) is 1. The molecule has 0 spiro atoms. The quantitative estimate of drug-likeness (QED) is 0.512. The molecule has 0 fully saturated rings. The molecule has 11 heavy (non-hydrogen) atoms. The number of nitrogens with zero attached hydrogens (tertiary/aromatic N) is 2. The average Bonchev–Trinajstić information content (AvgIpc) is 2.30. The van der Waals surface area contributed by atoms with E-state index in [1.807, 2.05) is 7.05 Å². The van der Waals surface area contributed by atoms with E-state index in [-0.39, 0.29) is 5.78 Å². The van der Waals surface area contributed by atoms with Crippen LogP contribution in [-0.2, 0) is 7.05 Å². The molecule has 0 amide bonds. The lowest BCUT2D eigenvalue weighted by Crippen LogP contribution is -2.29. The lowest BCUT2D eigenvalue weighted by Gasteiger charge is -1.78. The molecular weight excluding hydrogens is 162 g/mol. The highest BCUT2D eigenvalue weighted by Crippen LogP contribution is 2.06. The standard InChI is InChI=1S/C6H9N3OS/c1-4(10)5-8-6(7-2)11-9(5)3/h1-3H3/p+1. The van der Waals surface area contributed by atoms with Gasteiger partial charge in [-0.05, 0) is 4.98 Å². The Hall–Kier alpha value is -0.970. The molecule has 5 heteroatoms. The van der Waals surface area contributed by atoms with Gasteiger partial charge in [0, 0.05) is 14.0 Å². The summed E-state index contributed by atoms with van der Waals surface area (Å²) in [5, 5.41) is 3.64. The molecule has 4 nitrogen and oxygen atoms in total. The number of aromatic nitrogens is 2. The van der Waals surface area contributed by atoms with Crippen LogP contribution in [0.3, 0.4) is 0 Å². The third kappa shape index (κ3) is 1.54. The first kappa shape index (κ1) is 8.13. The minimum Gasteiger partial charge on any atom is -0.341 e. The van der Waals surface area contributed by atoms with Gasteiger partial charge in [0.15, 0.2) is 0 Å². The van der Waals surface area contributed by atoms with Crippen LogP contribution in [0.15, 0.2) is 0 Å². The summed E-state index contributed by atoms with van der Waals surface area (Å²) in [7, 11) is 3.60. The largest absolute Gasteiger partial charge is 0.380 e. The van der Waals surface area contributed by atoms with E-state index in [1.54, 1.807) is 11.0 Å². The number of ketones is 1. The van der Waals surface area contributed by atoms with Gasteiger partial charge in [-0.3, -0.25) is 4.79 Å². The second-order valence-corrected chi connectivity index (χ2v) is 3.25. The summed E-state index contributed by atoms with van der Waals surface area (Å²) in [6.45, 7) is 1.51. The molecule has 0 atom stereocenters. The van der Waals surface area contributed by atoms with Crippen molar-refractivity contribution in [2.75, 3.05) is 12.4 Å². The molecule has 1 aromatic rings. The zero-order chi connectivity index (χ0) is 8.43. The van der Waals surface area contributed by atoms with E-state index < -0.39 is 0 Å². The van der Waals surface area contributed by atoms with Crippen LogP contribution < -0.4 is 9.27 Å². The minimum absolute atomic E-state index is 0.00903. The molecule has 0 saturated heterocycles. The molecule has 0 saturated carbocycles. The van der Waals surface area contributed by atoms with Gasteiger partial charge < -0.3 is 5.32 Å². The van der Waals surface area contributed by atoms with E-state index in [1.165, 1.54) is 18.5 Å². The van der Waals surface area contributed by atoms with Gasteiger partial charge in [0.2, 0.25) is 5.78 Å². The topological polar surface area (TPSA) is 45.9 Å². The van der Waals surface area contributed by atoms with Crippen LogP contribution in [-0.4, -0.2) is 17.8 Å². The van der Waals surface area contributed by atoms with E-state index in [2.05, 4.69) is 10.3 Å². The smallest absolute Gasteiger partial charge is 0.341 e. The van der Waals surface area contributed by atoms with Gasteiger partial charge in [-0.25, -0.2) is 0 Å². The van der Waals surface area contributed by atoms with Crippen molar-refractivity contribution in [1.82, 2.24) is 4.98 Å². The fraction of sp³-hybridized carbons (Fsp3) is 0.500. The summed E-state index contributed by atoms with van der Waals surface area (Å²) in [5.41, 5.74) is 0. The number of rotatable bonds is 2. The van der Waals surface area contributed by atoms with Crippen molar-refractivity contribution < 1.29 is 8.75 Å². The van der Waals surface area contributed by atoms with Crippen LogP contribution in [0.25, 0.3) is 0 Å². The SMILES string of the molecule is CNc1nc(C(C)=O)[n+](C)s1. The first-order valence-corrected chi connectivity index (χ1v) is 3.98. The van der Waals surface area contributed by atoms with Gasteiger partial charge >= 0.3 is 11.0 Å². The molecule has 1 rings (SSSR count). The normalized spacial score (nSPS) is 9.73. The van der Waals surface area contributed by atoms with Crippen molar-refractivity contribution in [3.8, 4) is 0 Å². The molecule has 0 aliphatic heterocycles. The highest BCUT2D eigenvalue weighted by atomic mass is 32.1. The number of hydrogen-bond acceptors (Lipinski definition) is 4. The second kappa shape index (κ2) is 2.96. The number of aryl methyl sites for hydroxylation is 1. The van der Waals surface area contributed by atoms with Gasteiger partial charge in [0.1, 0.15) is 11.5 Å². The van der Waals surface area contributed by atoms with Gasteiger partial charge in [-0.15, -0.1) is 0 Å². The molecule has 0 aromatic carbocycles. The molecule has 0 bridgehead atoms. The number of carbonyl (C=O) groups is 1. The molecule has 60 valence electrons. The van der Waals surface area contributed by atoms with Gasteiger partial charge in [-0.1, -0.05) is 0 Å². The maximum Gasteiger partial charge on any atom is 0.380 e. The first-order valence-electron chi connectivity index (χ1n) is 3.21. The number of anilines is 1. The fourth-order valence-corrected chi connectivity index (χ4v) is 1.50. The van der Waals surface area contributed by atoms with Crippen molar-refractivity contribution in [2.24, 2.45) is 7.05 Å². The van der Waals surface area contributed by atoms with E-state index in [0.717, 1.165) is 5.13 Å². The Kier molecular flexibility index (Phi) is 2.19. The monoisotopic (exact) mass is 172 g/mol. The second-order valence-electron chi connectivity index (χ2n) is 2.14. The minimum atomic E-state index is -0.00903. The predicted octanol–water partition coefficient (Wildman–Crippen LogP) is 0.212. The van der Waals surface area contributed by atoms with Gasteiger partial charge in [0.05, 0.1) is 7.05 Å². The Morgan fingerprint density at radius 1 is 1.73 bits per heavy atom. The Morgan fingerprint density at radius 3 is 2.64 bits per heavy atom. The molecule has 0 radical (unpaired) electrons. The summed E-state index contributed by atoms with van der Waals surface area (Å²) in [6.07, 6.45) is 0. The summed E-state index contributed by atoms with van der Waals surface area (Å²) in [5.74, 6) is 0.490. The molecule has 1 N–H and O–H groups in total. The van der Waals surface area contributed by atoms with Crippen LogP contribution in [0, 0.1) is 0 Å². The maximum absolute atomic E-state index is 10.9. The van der Waals surface area contributed by atoms with Crippen molar-refractivity contribution >= 4 is 22.4 Å². The zero-order valence-corrected chi connectivity index (χ0v) is 7.53. The van der Waals surface area contributed by atoms with E-state index >= 15 is 0 Å². The van der Waals surface area contributed by atoms with Crippen molar-refractivity contribution in [3.05, 3.63) is 5.82 Å². The van der Waals surface area contributed by atoms with Crippen LogP contribution in [0.4, 0.5) is 5.13 Å². The number of carbonyl (C=O) groups excluding carboxylic acids is 1. The van der Waals surface area contributed by atoms with Gasteiger partial charge in [-0.2, -0.15) is 3.96 Å². The van der Waals surface area contributed by atoms with Crippen LogP contribution in [0.1, 0.15) is 17.5 Å². The molecule has 1 aromatic heterocycles. The maximum atomic E-state index is 10.9. The van der Waals surface area contributed by atoms with Crippen LogP contribution in [0.5, 0.6) is 0 Å². The summed E-state index contributed by atoms with van der Waals surface area (Å²) >= 11 is 1.42. The first-order chi connectivity index (χ1) is 5.15. The predicted molar refractivity (Wildman–Crippen MR) is 42.8 cm³/mol. The highest BCUT2D eigenvalue weighted by molar-refractivity contribution is 7.05. The van der Waals surface area contributed by atoms with E-state index in [0.29, 0.717) is 5.82 Å². The summed E-state index contributed by atoms with van der Waals surface area (Å²) in [6, 6.07) is 0. The third-order valence-electron chi connectivity index (χ3n) is 1.26.